The summed E-state index contributed by atoms with van der Waals surface area (Å²) in [6.45, 7) is 0. The first-order chi connectivity index (χ1) is 6.31. The Morgan fingerprint density at radius 2 is 2.15 bits per heavy atom. The van der Waals surface area contributed by atoms with Crippen molar-refractivity contribution < 1.29 is 0 Å². The molecule has 1 aromatic carbocycles. The molecule has 0 fully saturated rings. The van der Waals surface area contributed by atoms with Crippen molar-refractivity contribution in [1.82, 2.24) is 4.98 Å². The average molecular weight is 189 g/mol. The normalized spacial score (nSPS) is 9.85. The molecule has 1 aromatic heterocycles. The molecule has 0 saturated heterocycles. The zero-order chi connectivity index (χ0) is 9.26. The Kier molecular flexibility index (Phi) is 1.88. The van der Waals surface area contributed by atoms with Crippen LogP contribution in [0.15, 0.2) is 30.5 Å². The third-order valence-corrected chi connectivity index (χ3v) is 2.06. The van der Waals surface area contributed by atoms with Gasteiger partial charge in [-0.25, -0.2) is 0 Å². The number of halogens is 1. The second-order valence-electron chi connectivity index (χ2n) is 2.63. The largest absolute Gasteiger partial charge is 0.256 e. The first-order valence-electron chi connectivity index (χ1n) is 3.75. The highest BCUT2D eigenvalue weighted by molar-refractivity contribution is 6.31. The van der Waals surface area contributed by atoms with E-state index in [4.69, 9.17) is 16.9 Å². The van der Waals surface area contributed by atoms with E-state index < -0.39 is 0 Å². The van der Waals surface area contributed by atoms with Gasteiger partial charge in [-0.05, 0) is 24.3 Å². The van der Waals surface area contributed by atoms with E-state index >= 15 is 0 Å². The molecule has 2 nitrogen and oxygen atoms in total. The predicted molar refractivity (Wildman–Crippen MR) is 51.5 cm³/mol. The minimum absolute atomic E-state index is 0.604. The summed E-state index contributed by atoms with van der Waals surface area (Å²) >= 11 is 5.81. The Morgan fingerprint density at radius 1 is 1.31 bits per heavy atom. The standard InChI is InChI=1S/C10H5ClN2/c11-8-1-2-10-9(5-8)7(6-12)3-4-13-10/h1-5H. The Morgan fingerprint density at radius 3 is 2.92 bits per heavy atom. The molecule has 0 saturated carbocycles. The molecule has 0 atom stereocenters. The van der Waals surface area contributed by atoms with Gasteiger partial charge < -0.3 is 0 Å². The first-order valence-corrected chi connectivity index (χ1v) is 4.13. The average Bonchev–Trinajstić information content (AvgIpc) is 2.17. The van der Waals surface area contributed by atoms with E-state index in [1.807, 2.05) is 0 Å². The van der Waals surface area contributed by atoms with Crippen molar-refractivity contribution in [2.75, 3.05) is 0 Å². The van der Waals surface area contributed by atoms with Gasteiger partial charge in [-0.1, -0.05) is 11.6 Å². The van der Waals surface area contributed by atoms with Gasteiger partial charge in [0.25, 0.3) is 0 Å². The lowest BCUT2D eigenvalue weighted by atomic mass is 10.1. The van der Waals surface area contributed by atoms with Gasteiger partial charge in [-0.15, -0.1) is 0 Å². The van der Waals surface area contributed by atoms with E-state index in [0.29, 0.717) is 10.6 Å². The molecule has 0 aliphatic rings. The molecular weight excluding hydrogens is 184 g/mol. The van der Waals surface area contributed by atoms with Crippen LogP contribution in [0.4, 0.5) is 0 Å². The zero-order valence-electron chi connectivity index (χ0n) is 6.66. The lowest BCUT2D eigenvalue weighted by Gasteiger charge is -1.98. The molecule has 2 aromatic rings. The minimum Gasteiger partial charge on any atom is -0.256 e. The summed E-state index contributed by atoms with van der Waals surface area (Å²) in [5.74, 6) is 0. The quantitative estimate of drug-likeness (QED) is 0.638. The number of rotatable bonds is 0. The van der Waals surface area contributed by atoms with Gasteiger partial charge >= 0.3 is 0 Å². The van der Waals surface area contributed by atoms with Crippen molar-refractivity contribution in [3.63, 3.8) is 0 Å². The van der Waals surface area contributed by atoms with Gasteiger partial charge in [0.2, 0.25) is 0 Å². The van der Waals surface area contributed by atoms with Crippen LogP contribution in [0.2, 0.25) is 5.02 Å². The van der Waals surface area contributed by atoms with Crippen LogP contribution in [-0.4, -0.2) is 4.98 Å². The van der Waals surface area contributed by atoms with Crippen molar-refractivity contribution in [2.45, 2.75) is 0 Å². The summed E-state index contributed by atoms with van der Waals surface area (Å²) in [6.07, 6.45) is 1.62. The molecular formula is C10H5ClN2. The van der Waals surface area contributed by atoms with Crippen molar-refractivity contribution in [1.29, 1.82) is 5.26 Å². The second kappa shape index (κ2) is 3.04. The number of pyridine rings is 1. The smallest absolute Gasteiger partial charge is 0.0999 e. The second-order valence-corrected chi connectivity index (χ2v) is 3.07. The first kappa shape index (κ1) is 8.03. The molecule has 3 heteroatoms. The summed E-state index contributed by atoms with van der Waals surface area (Å²) < 4.78 is 0. The summed E-state index contributed by atoms with van der Waals surface area (Å²) in [5.41, 5.74) is 1.40. The molecule has 0 unspecified atom stereocenters. The molecule has 0 aliphatic heterocycles. The zero-order valence-corrected chi connectivity index (χ0v) is 7.42. The molecule has 1 heterocycles. The minimum atomic E-state index is 0.604. The molecule has 0 aliphatic carbocycles. The lowest BCUT2D eigenvalue weighted by molar-refractivity contribution is 1.39. The van der Waals surface area contributed by atoms with E-state index in [1.54, 1.807) is 30.5 Å². The molecule has 0 spiro atoms. The van der Waals surface area contributed by atoms with Gasteiger partial charge in [0.15, 0.2) is 0 Å². The maximum Gasteiger partial charge on any atom is 0.0999 e. The van der Waals surface area contributed by atoms with E-state index in [1.165, 1.54) is 0 Å². The Bertz CT molecular complexity index is 500. The third-order valence-electron chi connectivity index (χ3n) is 1.82. The summed E-state index contributed by atoms with van der Waals surface area (Å²) in [4.78, 5) is 4.12. The van der Waals surface area contributed by atoms with Gasteiger partial charge in [0.1, 0.15) is 0 Å². The fraction of sp³-hybridized carbons (Fsp3) is 0. The molecule has 13 heavy (non-hydrogen) atoms. The van der Waals surface area contributed by atoms with Gasteiger partial charge in [-0.2, -0.15) is 5.26 Å². The van der Waals surface area contributed by atoms with Gasteiger partial charge in [-0.3, -0.25) is 4.98 Å². The molecule has 0 N–H and O–H groups in total. The van der Waals surface area contributed by atoms with Crippen LogP contribution in [0.1, 0.15) is 5.56 Å². The molecule has 62 valence electrons. The maximum absolute atomic E-state index is 8.81. The predicted octanol–water partition coefficient (Wildman–Crippen LogP) is 2.76. The van der Waals surface area contributed by atoms with Crippen molar-refractivity contribution in [3.8, 4) is 6.07 Å². The highest BCUT2D eigenvalue weighted by Crippen LogP contribution is 2.20. The topological polar surface area (TPSA) is 36.7 Å². The summed E-state index contributed by atoms with van der Waals surface area (Å²) in [6, 6.07) is 9.10. The van der Waals surface area contributed by atoms with E-state index in [-0.39, 0.29) is 0 Å². The number of nitrogens with zero attached hydrogens (tertiary/aromatic N) is 2. The van der Waals surface area contributed by atoms with E-state index in [9.17, 15) is 0 Å². The van der Waals surface area contributed by atoms with Crippen LogP contribution in [0.3, 0.4) is 0 Å². The maximum atomic E-state index is 8.81. The van der Waals surface area contributed by atoms with Crippen molar-refractivity contribution in [3.05, 3.63) is 41.0 Å². The monoisotopic (exact) mass is 188 g/mol. The summed E-state index contributed by atoms with van der Waals surface area (Å²) in [7, 11) is 0. The van der Waals surface area contributed by atoms with Crippen LogP contribution in [0.5, 0.6) is 0 Å². The molecule has 0 bridgehead atoms. The van der Waals surface area contributed by atoms with Crippen molar-refractivity contribution in [2.24, 2.45) is 0 Å². The number of nitriles is 1. The van der Waals surface area contributed by atoms with Gasteiger partial charge in [0, 0.05) is 16.6 Å². The van der Waals surface area contributed by atoms with E-state index in [2.05, 4.69) is 11.1 Å². The number of hydrogen-bond donors (Lipinski definition) is 0. The van der Waals surface area contributed by atoms with Crippen LogP contribution in [0, 0.1) is 11.3 Å². The van der Waals surface area contributed by atoms with E-state index in [0.717, 1.165) is 10.9 Å². The Labute approximate surface area is 80.4 Å². The summed E-state index contributed by atoms with van der Waals surface area (Å²) in [5, 5.41) is 10.2. The van der Waals surface area contributed by atoms with Crippen molar-refractivity contribution >= 4 is 22.5 Å². The number of benzene rings is 1. The lowest BCUT2D eigenvalue weighted by Crippen LogP contribution is -1.82. The van der Waals surface area contributed by atoms with Crippen LogP contribution in [-0.2, 0) is 0 Å². The fourth-order valence-corrected chi connectivity index (χ4v) is 1.39. The Hall–Kier alpha value is -1.59. The molecule has 2 rings (SSSR count). The third kappa shape index (κ3) is 1.34. The number of fused-ring (bicyclic) bond motifs is 1. The fourth-order valence-electron chi connectivity index (χ4n) is 1.22. The highest BCUT2D eigenvalue weighted by atomic mass is 35.5. The molecule has 0 radical (unpaired) electrons. The van der Waals surface area contributed by atoms with Crippen LogP contribution in [0.25, 0.3) is 10.9 Å². The number of aromatic nitrogens is 1. The highest BCUT2D eigenvalue weighted by Gasteiger charge is 2.00. The SMILES string of the molecule is N#Cc1ccnc2ccc(Cl)cc12. The number of hydrogen-bond acceptors (Lipinski definition) is 2. The van der Waals surface area contributed by atoms with Gasteiger partial charge in [0.05, 0.1) is 17.1 Å². The van der Waals surface area contributed by atoms with Crippen LogP contribution < -0.4 is 0 Å². The van der Waals surface area contributed by atoms with Crippen LogP contribution >= 0.6 is 11.6 Å². The molecule has 0 amide bonds. The Balaban J connectivity index is 2.89.